The zero-order chi connectivity index (χ0) is 17.6. The van der Waals surface area contributed by atoms with Crippen LogP contribution in [0.3, 0.4) is 0 Å². The minimum atomic E-state index is -4.30. The predicted molar refractivity (Wildman–Crippen MR) is 73.6 cm³/mol. The van der Waals surface area contributed by atoms with Gasteiger partial charge in [0.15, 0.2) is 0 Å². The molecule has 0 unspecified atom stereocenters. The average Bonchev–Trinajstić information content (AvgIpc) is 2.27. The molecular formula is C10H16O10S2. The molecule has 0 bridgehead atoms. The number of aliphatic carboxylic acids is 2. The van der Waals surface area contributed by atoms with Gasteiger partial charge < -0.3 is 10.2 Å². The summed E-state index contributed by atoms with van der Waals surface area (Å²) in [5.74, 6) is -4.64. The second-order valence-electron chi connectivity index (χ2n) is 4.35. The number of carboxylic acid groups (broad SMARTS) is 2. The van der Waals surface area contributed by atoms with Crippen LogP contribution in [0.15, 0.2) is 11.1 Å². The van der Waals surface area contributed by atoms with E-state index in [1.165, 1.54) is 0 Å². The third kappa shape index (κ3) is 9.44. The van der Waals surface area contributed by atoms with Crippen LogP contribution in [0.1, 0.15) is 25.7 Å². The molecule has 0 aromatic rings. The highest BCUT2D eigenvalue weighted by molar-refractivity contribution is 7.86. The first-order valence-electron chi connectivity index (χ1n) is 5.92. The first kappa shape index (κ1) is 20.5. The minimum absolute atomic E-state index is 0.310. The Bertz CT molecular complexity index is 598. The molecule has 0 radical (unpaired) electrons. The van der Waals surface area contributed by atoms with Gasteiger partial charge in [-0.2, -0.15) is 16.8 Å². The molecule has 0 aliphatic heterocycles. The Kier molecular flexibility index (Phi) is 7.66. The molecular weight excluding hydrogens is 344 g/mol. The Labute approximate surface area is 127 Å². The maximum absolute atomic E-state index is 11.1. The first-order valence-corrected chi connectivity index (χ1v) is 9.14. The van der Waals surface area contributed by atoms with Crippen LogP contribution in [0.2, 0.25) is 0 Å². The fourth-order valence-corrected chi connectivity index (χ4v) is 2.65. The molecule has 0 aromatic heterocycles. The molecule has 0 saturated carbocycles. The molecule has 0 rings (SSSR count). The number of carboxylic acids is 2. The molecule has 0 aromatic carbocycles. The Morgan fingerprint density at radius 1 is 0.682 bits per heavy atom. The highest BCUT2D eigenvalue weighted by Gasteiger charge is 2.21. The van der Waals surface area contributed by atoms with E-state index in [1.54, 1.807) is 0 Å². The van der Waals surface area contributed by atoms with Crippen molar-refractivity contribution in [3.05, 3.63) is 11.1 Å². The van der Waals surface area contributed by atoms with E-state index in [4.69, 9.17) is 19.3 Å². The van der Waals surface area contributed by atoms with E-state index in [2.05, 4.69) is 0 Å². The summed E-state index contributed by atoms with van der Waals surface area (Å²) >= 11 is 0. The molecule has 0 spiro atoms. The molecule has 0 amide bonds. The fraction of sp³-hybridized carbons (Fsp3) is 0.600. The molecule has 10 nitrogen and oxygen atoms in total. The van der Waals surface area contributed by atoms with E-state index >= 15 is 0 Å². The summed E-state index contributed by atoms with van der Waals surface area (Å²) in [7, 11) is -8.61. The summed E-state index contributed by atoms with van der Waals surface area (Å²) < 4.78 is 59.3. The van der Waals surface area contributed by atoms with Gasteiger partial charge in [-0.1, -0.05) is 0 Å². The summed E-state index contributed by atoms with van der Waals surface area (Å²) in [5, 5.41) is 18.0. The van der Waals surface area contributed by atoms with Crippen LogP contribution in [0, 0.1) is 0 Å². The van der Waals surface area contributed by atoms with Crippen molar-refractivity contribution >= 4 is 32.2 Å². The lowest BCUT2D eigenvalue weighted by Crippen LogP contribution is -2.14. The van der Waals surface area contributed by atoms with Crippen molar-refractivity contribution in [1.29, 1.82) is 0 Å². The molecule has 4 N–H and O–H groups in total. The number of carbonyl (C=O) groups is 2. The average molecular weight is 360 g/mol. The summed E-state index contributed by atoms with van der Waals surface area (Å²) in [4.78, 5) is 22.1. The summed E-state index contributed by atoms with van der Waals surface area (Å²) in [6.45, 7) is 0. The van der Waals surface area contributed by atoms with Gasteiger partial charge in [-0.3, -0.25) is 9.11 Å². The molecule has 0 heterocycles. The Morgan fingerprint density at radius 3 is 1.14 bits per heavy atom. The summed E-state index contributed by atoms with van der Waals surface area (Å²) in [6.07, 6.45) is -1.48. The van der Waals surface area contributed by atoms with Crippen molar-refractivity contribution in [1.82, 2.24) is 0 Å². The van der Waals surface area contributed by atoms with E-state index in [1.807, 2.05) is 0 Å². The Hall–Kier alpha value is -1.50. The van der Waals surface area contributed by atoms with Crippen molar-refractivity contribution < 1.29 is 45.7 Å². The van der Waals surface area contributed by atoms with Gasteiger partial charge in [0.1, 0.15) is 0 Å². The second kappa shape index (κ2) is 8.22. The van der Waals surface area contributed by atoms with E-state index in [0.717, 1.165) is 0 Å². The lowest BCUT2D eigenvalue weighted by molar-refractivity contribution is -0.136. The Morgan fingerprint density at radius 2 is 0.955 bits per heavy atom. The zero-order valence-electron chi connectivity index (χ0n) is 11.3. The van der Waals surface area contributed by atoms with Gasteiger partial charge in [0.05, 0.1) is 11.5 Å². The maximum Gasteiger partial charge on any atom is 0.332 e. The van der Waals surface area contributed by atoms with Crippen LogP contribution in [0.4, 0.5) is 0 Å². The van der Waals surface area contributed by atoms with Gasteiger partial charge in [-0.05, 0) is 25.7 Å². The molecule has 12 heteroatoms. The number of rotatable bonds is 10. The van der Waals surface area contributed by atoms with Crippen LogP contribution in [-0.4, -0.2) is 59.6 Å². The van der Waals surface area contributed by atoms with Gasteiger partial charge >= 0.3 is 11.9 Å². The third-order valence-electron chi connectivity index (χ3n) is 2.54. The zero-order valence-corrected chi connectivity index (χ0v) is 12.9. The van der Waals surface area contributed by atoms with Gasteiger partial charge in [-0.25, -0.2) is 9.59 Å². The lowest BCUT2D eigenvalue weighted by atomic mass is 10.00. The highest BCUT2D eigenvalue weighted by atomic mass is 32.2. The van der Waals surface area contributed by atoms with Crippen LogP contribution >= 0.6 is 0 Å². The normalized spacial score (nSPS) is 13.5. The molecule has 0 atom stereocenters. The third-order valence-corrected chi connectivity index (χ3v) is 4.15. The van der Waals surface area contributed by atoms with Crippen molar-refractivity contribution in [2.24, 2.45) is 0 Å². The highest BCUT2D eigenvalue weighted by Crippen LogP contribution is 2.18. The van der Waals surface area contributed by atoms with E-state index in [9.17, 15) is 26.4 Å². The second-order valence-corrected chi connectivity index (χ2v) is 7.49. The van der Waals surface area contributed by atoms with Crippen LogP contribution in [0.25, 0.3) is 0 Å². The lowest BCUT2D eigenvalue weighted by Gasteiger charge is -2.08. The van der Waals surface area contributed by atoms with Crippen LogP contribution in [0.5, 0.6) is 0 Å². The minimum Gasteiger partial charge on any atom is -0.478 e. The molecule has 22 heavy (non-hydrogen) atoms. The summed E-state index contributed by atoms with van der Waals surface area (Å²) in [6, 6.07) is 0. The van der Waals surface area contributed by atoms with Gasteiger partial charge in [-0.15, -0.1) is 0 Å². The van der Waals surface area contributed by atoms with Crippen molar-refractivity contribution in [3.63, 3.8) is 0 Å². The van der Waals surface area contributed by atoms with E-state index < -0.39 is 67.7 Å². The van der Waals surface area contributed by atoms with E-state index in [0.29, 0.717) is 0 Å². The van der Waals surface area contributed by atoms with Gasteiger partial charge in [0.2, 0.25) is 0 Å². The quantitative estimate of drug-likeness (QED) is 0.300. The number of hydrogen-bond donors (Lipinski definition) is 4. The smallest absolute Gasteiger partial charge is 0.332 e. The topological polar surface area (TPSA) is 183 Å². The van der Waals surface area contributed by atoms with Crippen molar-refractivity contribution in [2.75, 3.05) is 11.5 Å². The molecule has 128 valence electrons. The van der Waals surface area contributed by atoms with Gasteiger partial charge in [0, 0.05) is 11.1 Å². The van der Waals surface area contributed by atoms with Crippen molar-refractivity contribution in [2.45, 2.75) is 25.7 Å². The van der Waals surface area contributed by atoms with Crippen molar-refractivity contribution in [3.8, 4) is 0 Å². The molecule has 0 aliphatic rings. The summed E-state index contributed by atoms with van der Waals surface area (Å²) in [5.41, 5.74) is -1.15. The largest absolute Gasteiger partial charge is 0.478 e. The first-order chi connectivity index (χ1) is 9.83. The SMILES string of the molecule is O=C(O)/C(CCCS(=O)(=O)O)=C(/CCCS(=O)(=O)O)C(=O)O. The van der Waals surface area contributed by atoms with E-state index in [-0.39, 0.29) is 12.8 Å². The molecule has 0 aliphatic carbocycles. The predicted octanol–water partition coefficient (Wildman–Crippen LogP) is -0.212. The Balaban J connectivity index is 5.13. The standard InChI is InChI=1S/C10H16O10S2/c11-9(12)7(3-1-5-21(15,16)17)8(10(13)14)4-2-6-22(18,19)20/h1-6H2,(H,11,12)(H,13,14)(H,15,16,17)(H,18,19,20)/b8-7-. The monoisotopic (exact) mass is 360 g/mol. The maximum atomic E-state index is 11.1. The van der Waals surface area contributed by atoms with Crippen LogP contribution < -0.4 is 0 Å². The van der Waals surface area contributed by atoms with Crippen LogP contribution in [-0.2, 0) is 29.8 Å². The molecule has 0 saturated heterocycles. The van der Waals surface area contributed by atoms with Gasteiger partial charge in [0.25, 0.3) is 20.2 Å². The fourth-order valence-electron chi connectivity index (χ4n) is 1.64. The molecule has 0 fully saturated rings. The number of hydrogen-bond acceptors (Lipinski definition) is 6.